The summed E-state index contributed by atoms with van der Waals surface area (Å²) in [5, 5.41) is 7.64. The lowest BCUT2D eigenvalue weighted by Gasteiger charge is -2.06. The van der Waals surface area contributed by atoms with Crippen molar-refractivity contribution >= 4 is 0 Å². The van der Waals surface area contributed by atoms with E-state index >= 15 is 0 Å². The van der Waals surface area contributed by atoms with Crippen molar-refractivity contribution in [1.82, 2.24) is 14.8 Å². The number of furan rings is 1. The maximum atomic E-state index is 5.65. The minimum absolute atomic E-state index is 0.854. The van der Waals surface area contributed by atoms with Gasteiger partial charge < -0.3 is 4.42 Å². The highest BCUT2D eigenvalue weighted by molar-refractivity contribution is 5.68. The number of hydrogen-bond acceptors (Lipinski definition) is 3. The Labute approximate surface area is 98.5 Å². The Morgan fingerprint density at radius 3 is 2.47 bits per heavy atom. The fourth-order valence-electron chi connectivity index (χ4n) is 1.81. The summed E-state index contributed by atoms with van der Waals surface area (Å²) in [5.41, 5.74) is 2.03. The summed E-state index contributed by atoms with van der Waals surface area (Å²) in [5.74, 6) is 1.75. The number of para-hydroxylation sites is 1. The van der Waals surface area contributed by atoms with Gasteiger partial charge in [-0.3, -0.25) is 4.57 Å². The molecule has 0 unspecified atom stereocenters. The molecule has 0 atom stereocenters. The molecule has 84 valence electrons. The normalized spacial score (nSPS) is 10.6. The van der Waals surface area contributed by atoms with Crippen LogP contribution >= 0.6 is 0 Å². The van der Waals surface area contributed by atoms with Crippen LogP contribution in [0, 0.1) is 6.92 Å². The number of benzene rings is 1. The Morgan fingerprint density at radius 2 is 1.76 bits per heavy atom. The zero-order valence-corrected chi connectivity index (χ0v) is 9.37. The van der Waals surface area contributed by atoms with Crippen molar-refractivity contribution in [2.45, 2.75) is 6.92 Å². The van der Waals surface area contributed by atoms with E-state index in [0.29, 0.717) is 0 Å². The second-order valence-electron chi connectivity index (χ2n) is 3.80. The minimum Gasteiger partial charge on any atom is -0.461 e. The molecule has 17 heavy (non-hydrogen) atoms. The highest BCUT2D eigenvalue weighted by Crippen LogP contribution is 2.27. The summed E-state index contributed by atoms with van der Waals surface area (Å²) < 4.78 is 7.52. The lowest BCUT2D eigenvalue weighted by Crippen LogP contribution is -1.92. The van der Waals surface area contributed by atoms with Crippen molar-refractivity contribution in [3.8, 4) is 17.0 Å². The van der Waals surface area contributed by atoms with Gasteiger partial charge in [0.1, 0.15) is 24.2 Å². The molecule has 3 aromatic rings. The second kappa shape index (κ2) is 3.90. The highest BCUT2D eigenvalue weighted by Gasteiger charge is 2.09. The van der Waals surface area contributed by atoms with Gasteiger partial charge in [-0.05, 0) is 31.2 Å². The summed E-state index contributed by atoms with van der Waals surface area (Å²) in [6.45, 7) is 1.94. The Kier molecular flexibility index (Phi) is 2.26. The average Bonchev–Trinajstić information content (AvgIpc) is 3.00. The van der Waals surface area contributed by atoms with Crippen LogP contribution < -0.4 is 0 Å². The van der Waals surface area contributed by atoms with Gasteiger partial charge in [-0.15, -0.1) is 10.2 Å². The van der Waals surface area contributed by atoms with E-state index in [1.165, 1.54) is 0 Å². The molecule has 0 N–H and O–H groups in total. The molecular formula is C13H11N3O. The van der Waals surface area contributed by atoms with Crippen molar-refractivity contribution in [2.75, 3.05) is 0 Å². The monoisotopic (exact) mass is 225 g/mol. The third kappa shape index (κ3) is 1.73. The van der Waals surface area contributed by atoms with Crippen LogP contribution in [0.3, 0.4) is 0 Å². The Balaban J connectivity index is 2.17. The lowest BCUT2D eigenvalue weighted by molar-refractivity contribution is 0.548. The Hall–Kier alpha value is -2.36. The second-order valence-corrected chi connectivity index (χ2v) is 3.80. The molecule has 0 aliphatic rings. The van der Waals surface area contributed by atoms with Crippen LogP contribution in [0.2, 0.25) is 0 Å². The summed E-state index contributed by atoms with van der Waals surface area (Å²) in [6, 6.07) is 11.9. The standard InChI is InChI=1S/C13H11N3O/c1-10-6-7-13(17-10)11-4-2-3-5-12(11)16-8-14-15-9-16/h2-9H,1H3. The van der Waals surface area contributed by atoms with Gasteiger partial charge in [-0.25, -0.2) is 0 Å². The predicted octanol–water partition coefficient (Wildman–Crippen LogP) is 2.84. The van der Waals surface area contributed by atoms with Gasteiger partial charge in [-0.2, -0.15) is 0 Å². The quantitative estimate of drug-likeness (QED) is 0.673. The van der Waals surface area contributed by atoms with Gasteiger partial charge in [-0.1, -0.05) is 12.1 Å². The van der Waals surface area contributed by atoms with Gasteiger partial charge in [0.15, 0.2) is 0 Å². The smallest absolute Gasteiger partial charge is 0.136 e. The summed E-state index contributed by atoms with van der Waals surface area (Å²) >= 11 is 0. The molecule has 2 heterocycles. The average molecular weight is 225 g/mol. The van der Waals surface area contributed by atoms with Crippen LogP contribution in [0.5, 0.6) is 0 Å². The van der Waals surface area contributed by atoms with Crippen LogP contribution in [-0.4, -0.2) is 14.8 Å². The van der Waals surface area contributed by atoms with Crippen molar-refractivity contribution in [3.05, 3.63) is 54.8 Å². The van der Waals surface area contributed by atoms with Gasteiger partial charge in [0.05, 0.1) is 5.69 Å². The molecule has 0 bridgehead atoms. The molecule has 0 radical (unpaired) electrons. The Morgan fingerprint density at radius 1 is 1.00 bits per heavy atom. The molecule has 0 aliphatic carbocycles. The minimum atomic E-state index is 0.854. The first-order valence-electron chi connectivity index (χ1n) is 5.35. The molecule has 0 saturated heterocycles. The molecule has 1 aromatic carbocycles. The van der Waals surface area contributed by atoms with E-state index in [-0.39, 0.29) is 0 Å². The summed E-state index contributed by atoms with van der Waals surface area (Å²) in [7, 11) is 0. The number of rotatable bonds is 2. The Bertz CT molecular complexity index is 626. The molecule has 0 amide bonds. The van der Waals surface area contributed by atoms with E-state index in [2.05, 4.69) is 10.2 Å². The van der Waals surface area contributed by atoms with E-state index in [1.54, 1.807) is 12.7 Å². The van der Waals surface area contributed by atoms with E-state index in [9.17, 15) is 0 Å². The molecule has 0 fully saturated rings. The predicted molar refractivity (Wildman–Crippen MR) is 63.8 cm³/mol. The zero-order chi connectivity index (χ0) is 11.7. The van der Waals surface area contributed by atoms with Gasteiger partial charge >= 0.3 is 0 Å². The van der Waals surface area contributed by atoms with Crippen LogP contribution in [0.25, 0.3) is 17.0 Å². The molecule has 0 saturated carbocycles. The topological polar surface area (TPSA) is 43.9 Å². The summed E-state index contributed by atoms with van der Waals surface area (Å²) in [4.78, 5) is 0. The van der Waals surface area contributed by atoms with Crippen molar-refractivity contribution in [2.24, 2.45) is 0 Å². The van der Waals surface area contributed by atoms with Crippen molar-refractivity contribution in [1.29, 1.82) is 0 Å². The van der Waals surface area contributed by atoms with Gasteiger partial charge in [0, 0.05) is 5.56 Å². The van der Waals surface area contributed by atoms with E-state index in [0.717, 1.165) is 22.8 Å². The fourth-order valence-corrected chi connectivity index (χ4v) is 1.81. The third-order valence-corrected chi connectivity index (χ3v) is 2.61. The van der Waals surface area contributed by atoms with Gasteiger partial charge in [0.2, 0.25) is 0 Å². The third-order valence-electron chi connectivity index (χ3n) is 2.61. The van der Waals surface area contributed by atoms with Crippen LogP contribution in [-0.2, 0) is 0 Å². The van der Waals surface area contributed by atoms with Crippen molar-refractivity contribution in [3.63, 3.8) is 0 Å². The number of nitrogens with zero attached hydrogens (tertiary/aromatic N) is 3. The SMILES string of the molecule is Cc1ccc(-c2ccccc2-n2cnnc2)o1. The molecule has 0 aliphatic heterocycles. The first-order valence-corrected chi connectivity index (χ1v) is 5.35. The molecular weight excluding hydrogens is 214 g/mol. The van der Waals surface area contributed by atoms with Gasteiger partial charge in [0.25, 0.3) is 0 Å². The van der Waals surface area contributed by atoms with E-state index in [1.807, 2.05) is 47.9 Å². The molecule has 3 rings (SSSR count). The maximum absolute atomic E-state index is 5.65. The first-order chi connectivity index (χ1) is 8.34. The number of aryl methyl sites for hydroxylation is 1. The number of hydrogen-bond donors (Lipinski definition) is 0. The van der Waals surface area contributed by atoms with Crippen LogP contribution in [0.4, 0.5) is 0 Å². The zero-order valence-electron chi connectivity index (χ0n) is 9.37. The van der Waals surface area contributed by atoms with E-state index in [4.69, 9.17) is 4.42 Å². The molecule has 4 nitrogen and oxygen atoms in total. The maximum Gasteiger partial charge on any atom is 0.136 e. The molecule has 0 spiro atoms. The van der Waals surface area contributed by atoms with Crippen LogP contribution in [0.1, 0.15) is 5.76 Å². The first kappa shape index (κ1) is 9.84. The number of aromatic nitrogens is 3. The van der Waals surface area contributed by atoms with Crippen LogP contribution in [0.15, 0.2) is 53.5 Å². The van der Waals surface area contributed by atoms with E-state index < -0.39 is 0 Å². The summed E-state index contributed by atoms with van der Waals surface area (Å²) in [6.07, 6.45) is 3.35. The molecule has 4 heteroatoms. The highest BCUT2D eigenvalue weighted by atomic mass is 16.3. The fraction of sp³-hybridized carbons (Fsp3) is 0.0769. The largest absolute Gasteiger partial charge is 0.461 e. The molecule has 2 aromatic heterocycles. The lowest BCUT2D eigenvalue weighted by atomic mass is 10.1. The van der Waals surface area contributed by atoms with Crippen molar-refractivity contribution < 1.29 is 4.42 Å².